The van der Waals surface area contributed by atoms with Gasteiger partial charge in [0.15, 0.2) is 5.78 Å². The van der Waals surface area contributed by atoms with Crippen LogP contribution < -0.4 is 0 Å². The summed E-state index contributed by atoms with van der Waals surface area (Å²) in [6.07, 6.45) is 5.63. The molecule has 0 heterocycles. The number of Topliss-reactive ketones (excluding diaryl/α,β-unsaturated/α-hetero) is 1. The molecule has 0 fully saturated rings. The highest BCUT2D eigenvalue weighted by Gasteiger charge is 2.22. The van der Waals surface area contributed by atoms with E-state index in [2.05, 4.69) is 0 Å². The van der Waals surface area contributed by atoms with Crippen molar-refractivity contribution in [3.63, 3.8) is 0 Å². The smallest absolute Gasteiger partial charge is 0.170 e. The highest BCUT2D eigenvalue weighted by Crippen LogP contribution is 2.26. The number of carbonyl (C=O) groups is 1. The number of benzene rings is 1. The van der Waals surface area contributed by atoms with E-state index in [-0.39, 0.29) is 17.5 Å². The van der Waals surface area contributed by atoms with Gasteiger partial charge in [-0.15, -0.1) is 0 Å². The summed E-state index contributed by atoms with van der Waals surface area (Å²) >= 11 is 0. The lowest BCUT2D eigenvalue weighted by molar-refractivity contribution is 0.0923. The summed E-state index contributed by atoms with van der Waals surface area (Å²) in [6, 6.07) is 6.72. The molecule has 1 N–H and O–H groups in total. The van der Waals surface area contributed by atoms with Crippen LogP contribution in [0.15, 0.2) is 36.4 Å². The number of phenols is 1. The molecule has 0 aromatic heterocycles. The second-order valence-corrected chi connectivity index (χ2v) is 3.52. The van der Waals surface area contributed by atoms with Crippen molar-refractivity contribution in [2.45, 2.75) is 12.8 Å². The standard InChI is InChI=1S/C12H12O2/c13-11-8-4-3-7-10(11)12(14)9-5-1-2-6-9/h1-4,7-9,13H,5-6H2. The normalized spacial score (nSPS) is 16.0. The zero-order valence-electron chi connectivity index (χ0n) is 7.81. The van der Waals surface area contributed by atoms with E-state index in [0.717, 1.165) is 12.8 Å². The molecular formula is C12H12O2. The highest BCUT2D eigenvalue weighted by molar-refractivity contribution is 6.00. The van der Waals surface area contributed by atoms with Gasteiger partial charge in [-0.25, -0.2) is 0 Å². The van der Waals surface area contributed by atoms with Crippen LogP contribution in [0, 0.1) is 5.92 Å². The summed E-state index contributed by atoms with van der Waals surface area (Å²) in [4.78, 5) is 11.9. The minimum Gasteiger partial charge on any atom is -0.507 e. The Balaban J connectivity index is 2.23. The average molecular weight is 188 g/mol. The summed E-state index contributed by atoms with van der Waals surface area (Å²) < 4.78 is 0. The Bertz CT molecular complexity index is 372. The molecule has 2 rings (SSSR count). The SMILES string of the molecule is O=C(c1ccccc1O)C1CC=CC1. The molecule has 0 aliphatic heterocycles. The maximum absolute atomic E-state index is 11.9. The summed E-state index contributed by atoms with van der Waals surface area (Å²) in [6.45, 7) is 0. The predicted molar refractivity (Wildman–Crippen MR) is 54.3 cm³/mol. The van der Waals surface area contributed by atoms with Crippen molar-refractivity contribution in [1.29, 1.82) is 0 Å². The fraction of sp³-hybridized carbons (Fsp3) is 0.250. The lowest BCUT2D eigenvalue weighted by atomic mass is 9.95. The fourth-order valence-electron chi connectivity index (χ4n) is 1.73. The van der Waals surface area contributed by atoms with Crippen LogP contribution in [0.3, 0.4) is 0 Å². The summed E-state index contributed by atoms with van der Waals surface area (Å²) in [5.74, 6) is 0.167. The van der Waals surface area contributed by atoms with Crippen molar-refractivity contribution in [1.82, 2.24) is 0 Å². The van der Waals surface area contributed by atoms with Crippen LogP contribution in [0.4, 0.5) is 0 Å². The number of rotatable bonds is 2. The topological polar surface area (TPSA) is 37.3 Å². The quantitative estimate of drug-likeness (QED) is 0.572. The van der Waals surface area contributed by atoms with Gasteiger partial charge in [0, 0.05) is 5.92 Å². The van der Waals surface area contributed by atoms with Crippen LogP contribution in [-0.2, 0) is 0 Å². The number of hydrogen-bond acceptors (Lipinski definition) is 2. The Morgan fingerprint density at radius 1 is 1.21 bits per heavy atom. The molecule has 0 atom stereocenters. The van der Waals surface area contributed by atoms with Gasteiger partial charge in [-0.2, -0.15) is 0 Å². The zero-order valence-corrected chi connectivity index (χ0v) is 7.81. The first kappa shape index (κ1) is 9.00. The maximum atomic E-state index is 11.9. The van der Waals surface area contributed by atoms with Gasteiger partial charge in [0.1, 0.15) is 5.75 Å². The van der Waals surface area contributed by atoms with Gasteiger partial charge < -0.3 is 5.11 Å². The Kier molecular flexibility index (Phi) is 2.35. The molecule has 1 aliphatic rings. The molecule has 1 aliphatic carbocycles. The van der Waals surface area contributed by atoms with Gasteiger partial charge in [-0.1, -0.05) is 24.3 Å². The number of aromatic hydroxyl groups is 1. The van der Waals surface area contributed by atoms with Gasteiger partial charge in [0.25, 0.3) is 0 Å². The number of hydrogen-bond donors (Lipinski definition) is 1. The lowest BCUT2D eigenvalue weighted by Gasteiger charge is -2.08. The first-order valence-corrected chi connectivity index (χ1v) is 4.76. The molecule has 0 amide bonds. The minimum absolute atomic E-state index is 0.0308. The lowest BCUT2D eigenvalue weighted by Crippen LogP contribution is -2.11. The van der Waals surface area contributed by atoms with Crippen molar-refractivity contribution in [2.75, 3.05) is 0 Å². The molecule has 72 valence electrons. The van der Waals surface area contributed by atoms with Crippen molar-refractivity contribution in [3.8, 4) is 5.75 Å². The zero-order chi connectivity index (χ0) is 9.97. The van der Waals surface area contributed by atoms with E-state index < -0.39 is 0 Å². The van der Waals surface area contributed by atoms with E-state index in [1.165, 1.54) is 0 Å². The van der Waals surface area contributed by atoms with Crippen molar-refractivity contribution in [2.24, 2.45) is 5.92 Å². The van der Waals surface area contributed by atoms with Crippen LogP contribution in [0.25, 0.3) is 0 Å². The average Bonchev–Trinajstić information content (AvgIpc) is 2.70. The number of phenolic OH excluding ortho intramolecular Hbond substituents is 1. The van der Waals surface area contributed by atoms with Gasteiger partial charge in [-0.3, -0.25) is 4.79 Å². The third-order valence-electron chi connectivity index (χ3n) is 2.55. The van der Waals surface area contributed by atoms with E-state index >= 15 is 0 Å². The molecule has 0 unspecified atom stereocenters. The predicted octanol–water partition coefficient (Wildman–Crippen LogP) is 2.54. The van der Waals surface area contributed by atoms with E-state index in [1.807, 2.05) is 12.2 Å². The number of carbonyl (C=O) groups excluding carboxylic acids is 1. The van der Waals surface area contributed by atoms with Crippen LogP contribution in [-0.4, -0.2) is 10.9 Å². The Morgan fingerprint density at radius 2 is 1.86 bits per heavy atom. The van der Waals surface area contributed by atoms with E-state index in [4.69, 9.17) is 0 Å². The van der Waals surface area contributed by atoms with E-state index in [9.17, 15) is 9.90 Å². The first-order valence-electron chi connectivity index (χ1n) is 4.76. The monoisotopic (exact) mass is 188 g/mol. The Labute approximate surface area is 82.9 Å². The second-order valence-electron chi connectivity index (χ2n) is 3.52. The number of para-hydroxylation sites is 1. The molecule has 2 nitrogen and oxygen atoms in total. The van der Waals surface area contributed by atoms with Gasteiger partial charge >= 0.3 is 0 Å². The Morgan fingerprint density at radius 3 is 2.50 bits per heavy atom. The fourth-order valence-corrected chi connectivity index (χ4v) is 1.73. The third-order valence-corrected chi connectivity index (χ3v) is 2.55. The molecule has 14 heavy (non-hydrogen) atoms. The molecule has 0 radical (unpaired) electrons. The second kappa shape index (κ2) is 3.66. The Hall–Kier alpha value is -1.57. The van der Waals surface area contributed by atoms with E-state index in [1.54, 1.807) is 24.3 Å². The maximum Gasteiger partial charge on any atom is 0.170 e. The van der Waals surface area contributed by atoms with Crippen LogP contribution >= 0.6 is 0 Å². The van der Waals surface area contributed by atoms with Crippen LogP contribution in [0.2, 0.25) is 0 Å². The molecule has 0 bridgehead atoms. The third kappa shape index (κ3) is 1.55. The van der Waals surface area contributed by atoms with Crippen molar-refractivity contribution in [3.05, 3.63) is 42.0 Å². The molecule has 2 heteroatoms. The first-order chi connectivity index (χ1) is 6.79. The van der Waals surface area contributed by atoms with Crippen molar-refractivity contribution < 1.29 is 9.90 Å². The minimum atomic E-state index is 0.0308. The highest BCUT2D eigenvalue weighted by atomic mass is 16.3. The number of ketones is 1. The number of allylic oxidation sites excluding steroid dienone is 2. The van der Waals surface area contributed by atoms with Crippen LogP contribution in [0.1, 0.15) is 23.2 Å². The summed E-state index contributed by atoms with van der Waals surface area (Å²) in [5.41, 5.74) is 0.446. The molecule has 0 spiro atoms. The molecular weight excluding hydrogens is 176 g/mol. The molecule has 0 saturated heterocycles. The van der Waals surface area contributed by atoms with Crippen LogP contribution in [0.5, 0.6) is 5.75 Å². The summed E-state index contributed by atoms with van der Waals surface area (Å²) in [5, 5.41) is 9.50. The van der Waals surface area contributed by atoms with Gasteiger partial charge in [-0.05, 0) is 25.0 Å². The molecule has 1 aromatic carbocycles. The molecule has 1 aromatic rings. The summed E-state index contributed by atoms with van der Waals surface area (Å²) in [7, 11) is 0. The van der Waals surface area contributed by atoms with Gasteiger partial charge in [0.05, 0.1) is 5.56 Å². The van der Waals surface area contributed by atoms with Crippen molar-refractivity contribution >= 4 is 5.78 Å². The molecule has 0 saturated carbocycles. The largest absolute Gasteiger partial charge is 0.507 e. The van der Waals surface area contributed by atoms with E-state index in [0.29, 0.717) is 5.56 Å². The van der Waals surface area contributed by atoms with Gasteiger partial charge in [0.2, 0.25) is 0 Å².